The molecule has 1 fully saturated rings. The van der Waals surface area contributed by atoms with Crippen LogP contribution in [-0.4, -0.2) is 72.4 Å². The van der Waals surface area contributed by atoms with Crippen molar-refractivity contribution >= 4 is 11.9 Å². The summed E-state index contributed by atoms with van der Waals surface area (Å²) in [5.41, 5.74) is 0. The maximum Gasteiger partial charge on any atom is 0.334 e. The first-order valence-corrected chi connectivity index (χ1v) is 5.70. The van der Waals surface area contributed by atoms with Crippen molar-refractivity contribution in [2.24, 2.45) is 0 Å². The summed E-state index contributed by atoms with van der Waals surface area (Å²) >= 11 is 0. The first kappa shape index (κ1) is 13.9. The fraction of sp³-hybridized carbons (Fsp3) is 0.800. The predicted octanol–water partition coefficient (Wildman–Crippen LogP) is -2.16. The highest BCUT2D eigenvalue weighted by molar-refractivity contribution is 5.79. The summed E-state index contributed by atoms with van der Waals surface area (Å²) < 4.78 is 0. The number of aliphatic hydroxyl groups is 1. The number of amides is 1. The van der Waals surface area contributed by atoms with Crippen LogP contribution < -0.4 is 10.6 Å². The van der Waals surface area contributed by atoms with Gasteiger partial charge in [-0.15, -0.1) is 0 Å². The highest BCUT2D eigenvalue weighted by Crippen LogP contribution is 1.94. The van der Waals surface area contributed by atoms with E-state index in [1.807, 2.05) is 4.90 Å². The molecule has 0 aromatic heterocycles. The highest BCUT2D eigenvalue weighted by atomic mass is 16.4. The summed E-state index contributed by atoms with van der Waals surface area (Å²) in [7, 11) is 0. The molecule has 1 amide bonds. The molecule has 0 aromatic rings. The van der Waals surface area contributed by atoms with Crippen LogP contribution in [0.1, 0.15) is 6.42 Å². The number of aliphatic hydroxyl groups excluding tert-OH is 1. The van der Waals surface area contributed by atoms with Crippen LogP contribution in [0.3, 0.4) is 0 Å². The zero-order valence-electron chi connectivity index (χ0n) is 9.69. The maximum absolute atomic E-state index is 11.5. The van der Waals surface area contributed by atoms with Gasteiger partial charge in [0.15, 0.2) is 6.10 Å². The Bertz CT molecular complexity index is 264. The molecule has 1 rings (SSSR count). The summed E-state index contributed by atoms with van der Waals surface area (Å²) in [6, 6.07) is 0. The normalized spacial score (nSPS) is 19.4. The van der Waals surface area contributed by atoms with Gasteiger partial charge in [0.05, 0.1) is 13.1 Å². The van der Waals surface area contributed by atoms with E-state index in [0.29, 0.717) is 0 Å². The van der Waals surface area contributed by atoms with E-state index >= 15 is 0 Å². The molecule has 98 valence electrons. The van der Waals surface area contributed by atoms with E-state index in [1.165, 1.54) is 0 Å². The first-order chi connectivity index (χ1) is 8.09. The second kappa shape index (κ2) is 7.21. The van der Waals surface area contributed by atoms with Gasteiger partial charge in [-0.2, -0.15) is 0 Å². The molecule has 1 aliphatic rings. The minimum absolute atomic E-state index is 0.244. The molecule has 1 unspecified atom stereocenters. The number of rotatable bonds is 5. The van der Waals surface area contributed by atoms with Crippen LogP contribution in [0.2, 0.25) is 0 Å². The Morgan fingerprint density at radius 3 is 2.82 bits per heavy atom. The number of nitrogens with zero attached hydrogens (tertiary/aromatic N) is 1. The Morgan fingerprint density at radius 1 is 1.35 bits per heavy atom. The van der Waals surface area contributed by atoms with E-state index < -0.39 is 12.1 Å². The van der Waals surface area contributed by atoms with E-state index in [-0.39, 0.29) is 19.0 Å². The molecular formula is C10H19N3O4. The van der Waals surface area contributed by atoms with Gasteiger partial charge in [-0.1, -0.05) is 0 Å². The molecule has 1 aliphatic heterocycles. The lowest BCUT2D eigenvalue weighted by Gasteiger charge is -2.18. The summed E-state index contributed by atoms with van der Waals surface area (Å²) in [5, 5.41) is 23.0. The second-order valence-electron chi connectivity index (χ2n) is 4.04. The van der Waals surface area contributed by atoms with Gasteiger partial charge in [-0.05, 0) is 19.5 Å². The van der Waals surface area contributed by atoms with Gasteiger partial charge in [-0.25, -0.2) is 4.79 Å². The second-order valence-corrected chi connectivity index (χ2v) is 4.04. The monoisotopic (exact) mass is 245 g/mol. The van der Waals surface area contributed by atoms with Gasteiger partial charge in [-0.3, -0.25) is 9.69 Å². The standard InChI is InChI=1S/C10H19N3O4/c14-8(10(16)17)6-12-9(15)7-13-4-1-2-11-3-5-13/h8,11,14H,1-7H2,(H,12,15)(H,16,17). The van der Waals surface area contributed by atoms with E-state index in [4.69, 9.17) is 10.2 Å². The van der Waals surface area contributed by atoms with Crippen molar-refractivity contribution in [3.63, 3.8) is 0 Å². The van der Waals surface area contributed by atoms with Crippen LogP contribution in [0, 0.1) is 0 Å². The molecule has 7 nitrogen and oxygen atoms in total. The zero-order valence-corrected chi connectivity index (χ0v) is 9.69. The van der Waals surface area contributed by atoms with Crippen molar-refractivity contribution in [2.45, 2.75) is 12.5 Å². The predicted molar refractivity (Wildman–Crippen MR) is 60.6 cm³/mol. The van der Waals surface area contributed by atoms with Gasteiger partial charge >= 0.3 is 5.97 Å². The van der Waals surface area contributed by atoms with Crippen molar-refractivity contribution in [3.05, 3.63) is 0 Å². The molecule has 0 bridgehead atoms. The summed E-state index contributed by atoms with van der Waals surface area (Å²) in [6.07, 6.45) is -0.546. The molecule has 17 heavy (non-hydrogen) atoms. The molecule has 0 saturated carbocycles. The third-order valence-electron chi connectivity index (χ3n) is 2.58. The van der Waals surface area contributed by atoms with Crippen LogP contribution >= 0.6 is 0 Å². The van der Waals surface area contributed by atoms with Crippen LogP contribution in [0.25, 0.3) is 0 Å². The van der Waals surface area contributed by atoms with E-state index in [9.17, 15) is 9.59 Å². The molecule has 1 heterocycles. The smallest absolute Gasteiger partial charge is 0.334 e. The number of carboxylic acids is 1. The van der Waals surface area contributed by atoms with Crippen LogP contribution in [-0.2, 0) is 9.59 Å². The summed E-state index contributed by atoms with van der Waals surface area (Å²) in [5.74, 6) is -1.59. The molecule has 7 heteroatoms. The number of hydrogen-bond donors (Lipinski definition) is 4. The lowest BCUT2D eigenvalue weighted by molar-refractivity contribution is -0.146. The van der Waals surface area contributed by atoms with Crippen LogP contribution in [0.4, 0.5) is 0 Å². The Morgan fingerprint density at radius 2 is 2.12 bits per heavy atom. The number of carbonyl (C=O) groups excluding carboxylic acids is 1. The van der Waals surface area contributed by atoms with Crippen molar-refractivity contribution in [1.82, 2.24) is 15.5 Å². The largest absolute Gasteiger partial charge is 0.479 e. The van der Waals surface area contributed by atoms with Crippen molar-refractivity contribution in [3.8, 4) is 0 Å². The highest BCUT2D eigenvalue weighted by Gasteiger charge is 2.16. The molecule has 0 spiro atoms. The van der Waals surface area contributed by atoms with Gasteiger partial charge in [0.25, 0.3) is 0 Å². The molecule has 1 saturated heterocycles. The third-order valence-corrected chi connectivity index (χ3v) is 2.58. The van der Waals surface area contributed by atoms with Gasteiger partial charge < -0.3 is 20.8 Å². The SMILES string of the molecule is O=C(CN1CCCNCC1)NCC(O)C(=O)O. The average molecular weight is 245 g/mol. The first-order valence-electron chi connectivity index (χ1n) is 5.70. The van der Waals surface area contributed by atoms with E-state index in [1.54, 1.807) is 0 Å². The fourth-order valence-electron chi connectivity index (χ4n) is 1.62. The Kier molecular flexibility index (Phi) is 5.88. The molecule has 0 aromatic carbocycles. The van der Waals surface area contributed by atoms with Gasteiger partial charge in [0.2, 0.25) is 5.91 Å². The molecule has 0 aliphatic carbocycles. The Balaban J connectivity index is 2.21. The number of aliphatic carboxylic acids is 1. The van der Waals surface area contributed by atoms with Crippen LogP contribution in [0.15, 0.2) is 0 Å². The van der Waals surface area contributed by atoms with Gasteiger partial charge in [0.1, 0.15) is 0 Å². The van der Waals surface area contributed by atoms with E-state index in [0.717, 1.165) is 32.6 Å². The van der Waals surface area contributed by atoms with E-state index in [2.05, 4.69) is 10.6 Å². The Labute approximate surface area is 99.8 Å². The molecule has 0 radical (unpaired) electrons. The number of carboxylic acid groups (broad SMARTS) is 1. The van der Waals surface area contributed by atoms with Crippen molar-refractivity contribution < 1.29 is 19.8 Å². The Hall–Kier alpha value is -1.18. The lowest BCUT2D eigenvalue weighted by atomic mass is 10.3. The van der Waals surface area contributed by atoms with Crippen LogP contribution in [0.5, 0.6) is 0 Å². The topological polar surface area (TPSA) is 102 Å². The minimum atomic E-state index is -1.54. The number of nitrogens with one attached hydrogen (secondary N) is 2. The summed E-state index contributed by atoms with van der Waals surface area (Å²) in [6.45, 7) is 3.45. The number of carbonyl (C=O) groups is 2. The average Bonchev–Trinajstić information content (AvgIpc) is 2.54. The third kappa shape index (κ3) is 5.62. The van der Waals surface area contributed by atoms with Crippen molar-refractivity contribution in [1.29, 1.82) is 0 Å². The zero-order chi connectivity index (χ0) is 12.7. The van der Waals surface area contributed by atoms with Crippen molar-refractivity contribution in [2.75, 3.05) is 39.3 Å². The molecule has 4 N–H and O–H groups in total. The maximum atomic E-state index is 11.5. The molecular weight excluding hydrogens is 226 g/mol. The quantitative estimate of drug-likeness (QED) is 0.440. The lowest BCUT2D eigenvalue weighted by Crippen LogP contribution is -2.42. The summed E-state index contributed by atoms with van der Waals surface area (Å²) in [4.78, 5) is 23.8. The number of hydrogen-bond acceptors (Lipinski definition) is 5. The fourth-order valence-corrected chi connectivity index (χ4v) is 1.62. The minimum Gasteiger partial charge on any atom is -0.479 e. The molecule has 1 atom stereocenters. The van der Waals surface area contributed by atoms with Gasteiger partial charge in [0, 0.05) is 13.1 Å².